The predicted octanol–water partition coefficient (Wildman–Crippen LogP) is 2.06. The molecule has 0 unspecified atom stereocenters. The van der Waals surface area contributed by atoms with E-state index in [-0.39, 0.29) is 18.6 Å². The van der Waals surface area contributed by atoms with Crippen molar-refractivity contribution in [1.82, 2.24) is 5.16 Å². The van der Waals surface area contributed by atoms with Gasteiger partial charge >= 0.3 is 5.97 Å². The molecular formula is C12H11NO4. The lowest BCUT2D eigenvalue weighted by Gasteiger charge is -2.02. The number of benzene rings is 1. The van der Waals surface area contributed by atoms with E-state index in [1.54, 1.807) is 24.3 Å². The summed E-state index contributed by atoms with van der Waals surface area (Å²) in [6, 6.07) is 6.78. The molecule has 5 nitrogen and oxygen atoms in total. The van der Waals surface area contributed by atoms with Crippen molar-refractivity contribution in [3.8, 4) is 16.9 Å². The largest absolute Gasteiger partial charge is 0.507 e. The molecule has 2 aromatic rings. The molecule has 1 aromatic carbocycles. The van der Waals surface area contributed by atoms with Crippen LogP contribution in [0.25, 0.3) is 11.1 Å². The molecule has 1 heterocycles. The van der Waals surface area contributed by atoms with Crippen LogP contribution in [0, 0.1) is 0 Å². The van der Waals surface area contributed by atoms with Crippen molar-refractivity contribution in [2.24, 2.45) is 0 Å². The van der Waals surface area contributed by atoms with Gasteiger partial charge in [0, 0.05) is 17.5 Å². The summed E-state index contributed by atoms with van der Waals surface area (Å²) in [6.07, 6.45) is 1.66. The van der Waals surface area contributed by atoms with Crippen LogP contribution in [0.1, 0.15) is 12.1 Å². The van der Waals surface area contributed by atoms with Crippen LogP contribution in [0.5, 0.6) is 5.75 Å². The van der Waals surface area contributed by atoms with Crippen LogP contribution in [0.4, 0.5) is 0 Å². The number of aliphatic carboxylic acids is 1. The molecule has 0 saturated heterocycles. The van der Waals surface area contributed by atoms with E-state index in [9.17, 15) is 9.90 Å². The van der Waals surface area contributed by atoms with Gasteiger partial charge in [0.05, 0.1) is 12.1 Å². The molecule has 2 N–H and O–H groups in total. The molecule has 0 aliphatic carbocycles. The molecule has 0 atom stereocenters. The van der Waals surface area contributed by atoms with Crippen LogP contribution in [0.15, 0.2) is 35.1 Å². The summed E-state index contributed by atoms with van der Waals surface area (Å²) >= 11 is 0. The lowest BCUT2D eigenvalue weighted by molar-refractivity contribution is -0.136. The van der Waals surface area contributed by atoms with Gasteiger partial charge in [-0.3, -0.25) is 4.79 Å². The molecule has 0 saturated carbocycles. The highest BCUT2D eigenvalue weighted by Gasteiger charge is 2.13. The van der Waals surface area contributed by atoms with E-state index in [0.29, 0.717) is 16.8 Å². The summed E-state index contributed by atoms with van der Waals surface area (Å²) in [7, 11) is 0. The number of nitrogens with zero attached hydrogens (tertiary/aromatic N) is 1. The maximum Gasteiger partial charge on any atom is 0.303 e. The fourth-order valence-electron chi connectivity index (χ4n) is 1.59. The van der Waals surface area contributed by atoms with Crippen LogP contribution in [0.2, 0.25) is 0 Å². The summed E-state index contributed by atoms with van der Waals surface area (Å²) in [6.45, 7) is 0. The highest BCUT2D eigenvalue weighted by atomic mass is 16.5. The molecule has 0 aliphatic rings. The van der Waals surface area contributed by atoms with E-state index < -0.39 is 5.97 Å². The molecular weight excluding hydrogens is 222 g/mol. The minimum absolute atomic E-state index is 0.0207. The van der Waals surface area contributed by atoms with Gasteiger partial charge in [-0.1, -0.05) is 23.4 Å². The van der Waals surface area contributed by atoms with Crippen LogP contribution in [-0.4, -0.2) is 21.3 Å². The van der Waals surface area contributed by atoms with Gasteiger partial charge in [-0.15, -0.1) is 0 Å². The SMILES string of the molecule is O=C(O)CCc1nocc1-c1ccccc1O. The molecule has 2 rings (SSSR count). The molecule has 0 spiro atoms. The molecule has 5 heteroatoms. The van der Waals surface area contributed by atoms with E-state index in [0.717, 1.165) is 0 Å². The van der Waals surface area contributed by atoms with Gasteiger partial charge in [-0.2, -0.15) is 0 Å². The van der Waals surface area contributed by atoms with E-state index in [4.69, 9.17) is 9.63 Å². The first-order chi connectivity index (χ1) is 8.18. The monoisotopic (exact) mass is 233 g/mol. The van der Waals surface area contributed by atoms with Crippen LogP contribution in [-0.2, 0) is 11.2 Å². The van der Waals surface area contributed by atoms with E-state index in [1.165, 1.54) is 6.26 Å². The minimum atomic E-state index is -0.892. The number of carboxylic acids is 1. The topological polar surface area (TPSA) is 83.6 Å². The molecule has 0 fully saturated rings. The summed E-state index contributed by atoms with van der Waals surface area (Å²) in [5.41, 5.74) is 1.76. The van der Waals surface area contributed by atoms with Gasteiger partial charge in [0.25, 0.3) is 0 Å². The maximum absolute atomic E-state index is 10.5. The number of para-hydroxylation sites is 1. The second-order valence-electron chi connectivity index (χ2n) is 3.59. The first-order valence-corrected chi connectivity index (χ1v) is 5.12. The first-order valence-electron chi connectivity index (χ1n) is 5.12. The zero-order valence-corrected chi connectivity index (χ0v) is 8.96. The Hall–Kier alpha value is -2.30. The molecule has 0 bridgehead atoms. The fraction of sp³-hybridized carbons (Fsp3) is 0.167. The Morgan fingerprint density at radius 1 is 1.29 bits per heavy atom. The van der Waals surface area contributed by atoms with E-state index in [1.807, 2.05) is 0 Å². The Bertz CT molecular complexity index is 533. The third kappa shape index (κ3) is 2.44. The number of aryl methyl sites for hydroxylation is 1. The van der Waals surface area contributed by atoms with Crippen molar-refractivity contribution in [2.45, 2.75) is 12.8 Å². The van der Waals surface area contributed by atoms with Crippen molar-refractivity contribution >= 4 is 5.97 Å². The number of hydrogen-bond acceptors (Lipinski definition) is 4. The second-order valence-corrected chi connectivity index (χ2v) is 3.59. The van der Waals surface area contributed by atoms with Gasteiger partial charge in [-0.25, -0.2) is 0 Å². The molecule has 1 aromatic heterocycles. The second kappa shape index (κ2) is 4.69. The maximum atomic E-state index is 10.5. The summed E-state index contributed by atoms with van der Waals surface area (Å²) in [5.74, 6) is -0.775. The first kappa shape index (κ1) is 11.2. The average molecular weight is 233 g/mol. The molecule has 0 aliphatic heterocycles. The summed E-state index contributed by atoms with van der Waals surface area (Å²) < 4.78 is 4.83. The van der Waals surface area contributed by atoms with Gasteiger partial charge in [0.1, 0.15) is 12.0 Å². The normalized spacial score (nSPS) is 10.4. The van der Waals surface area contributed by atoms with Gasteiger partial charge < -0.3 is 14.7 Å². The number of carboxylic acid groups (broad SMARTS) is 1. The zero-order valence-electron chi connectivity index (χ0n) is 8.96. The third-order valence-electron chi connectivity index (χ3n) is 2.41. The highest BCUT2D eigenvalue weighted by molar-refractivity contribution is 5.72. The van der Waals surface area contributed by atoms with Crippen molar-refractivity contribution in [2.75, 3.05) is 0 Å². The molecule has 0 radical (unpaired) electrons. The fourth-order valence-corrected chi connectivity index (χ4v) is 1.59. The Morgan fingerprint density at radius 3 is 2.76 bits per heavy atom. The van der Waals surface area contributed by atoms with E-state index >= 15 is 0 Å². The smallest absolute Gasteiger partial charge is 0.303 e. The standard InChI is InChI=1S/C12H11NO4/c14-11-4-2-1-3-8(11)9-7-17-13-10(9)5-6-12(15)16/h1-4,7,14H,5-6H2,(H,15,16). The molecule has 0 amide bonds. The lowest BCUT2D eigenvalue weighted by Crippen LogP contribution is -1.98. The van der Waals surface area contributed by atoms with Crippen LogP contribution in [0.3, 0.4) is 0 Å². The summed E-state index contributed by atoms with van der Waals surface area (Å²) in [5, 5.41) is 22.1. The van der Waals surface area contributed by atoms with Gasteiger partial charge in [-0.05, 0) is 6.07 Å². The number of aromatic hydroxyl groups is 1. The molecule has 17 heavy (non-hydrogen) atoms. The van der Waals surface area contributed by atoms with Crippen molar-refractivity contribution in [3.63, 3.8) is 0 Å². The number of phenolic OH excluding ortho intramolecular Hbond substituents is 1. The quantitative estimate of drug-likeness (QED) is 0.844. The average Bonchev–Trinajstić information content (AvgIpc) is 2.75. The highest BCUT2D eigenvalue weighted by Crippen LogP contribution is 2.31. The van der Waals surface area contributed by atoms with Crippen LogP contribution >= 0.6 is 0 Å². The summed E-state index contributed by atoms with van der Waals surface area (Å²) in [4.78, 5) is 10.5. The Balaban J connectivity index is 2.31. The Labute approximate surface area is 97.3 Å². The Kier molecular flexibility index (Phi) is 3.09. The lowest BCUT2D eigenvalue weighted by atomic mass is 10.0. The number of carbonyl (C=O) groups is 1. The number of rotatable bonds is 4. The van der Waals surface area contributed by atoms with Gasteiger partial charge in [0.15, 0.2) is 0 Å². The number of phenols is 1. The zero-order chi connectivity index (χ0) is 12.3. The van der Waals surface area contributed by atoms with Gasteiger partial charge in [0.2, 0.25) is 0 Å². The van der Waals surface area contributed by atoms with E-state index in [2.05, 4.69) is 5.16 Å². The third-order valence-corrected chi connectivity index (χ3v) is 2.41. The van der Waals surface area contributed by atoms with Crippen molar-refractivity contribution in [3.05, 3.63) is 36.2 Å². The Morgan fingerprint density at radius 2 is 2.06 bits per heavy atom. The minimum Gasteiger partial charge on any atom is -0.507 e. The molecule has 88 valence electrons. The van der Waals surface area contributed by atoms with Crippen molar-refractivity contribution in [1.29, 1.82) is 0 Å². The predicted molar refractivity (Wildman–Crippen MR) is 59.6 cm³/mol. The number of hydrogen-bond donors (Lipinski definition) is 2. The number of aromatic nitrogens is 1. The van der Waals surface area contributed by atoms with Crippen LogP contribution < -0.4 is 0 Å². The van der Waals surface area contributed by atoms with Crippen molar-refractivity contribution < 1.29 is 19.5 Å².